The third kappa shape index (κ3) is 2.74. The maximum Gasteiger partial charge on any atom is 0.266 e. The van der Waals surface area contributed by atoms with Crippen molar-refractivity contribution in [2.45, 2.75) is 39.5 Å². The van der Waals surface area contributed by atoms with Crippen molar-refractivity contribution >= 4 is 39.0 Å². The van der Waals surface area contributed by atoms with Crippen LogP contribution >= 0.6 is 11.3 Å². The predicted molar refractivity (Wildman–Crippen MR) is 100 cm³/mol. The summed E-state index contributed by atoms with van der Waals surface area (Å²) in [6.07, 6.45) is 6.00. The van der Waals surface area contributed by atoms with E-state index in [0.717, 1.165) is 58.4 Å². The Morgan fingerprint density at radius 1 is 1.24 bits per heavy atom. The van der Waals surface area contributed by atoms with Crippen LogP contribution in [0.4, 0.5) is 11.5 Å². The zero-order chi connectivity index (χ0) is 17.6. The third-order valence-corrected chi connectivity index (χ3v) is 5.80. The molecule has 0 unspecified atom stereocenters. The standard InChI is InChI=1S/C18H19N5OS/c1-9-14-16(19)21-10(2)22-18(14)25-15(9)17(24)23-13-7-8-20-12-6-4-3-5-11(12)13/h7-8H,3-6H2,1-2H3,(H2,19,21,22)(H,20,23,24). The van der Waals surface area contributed by atoms with Gasteiger partial charge in [-0.2, -0.15) is 0 Å². The lowest BCUT2D eigenvalue weighted by Gasteiger charge is -2.18. The van der Waals surface area contributed by atoms with Crippen molar-refractivity contribution in [1.82, 2.24) is 15.0 Å². The van der Waals surface area contributed by atoms with Gasteiger partial charge in [-0.25, -0.2) is 9.97 Å². The topological polar surface area (TPSA) is 93.8 Å². The third-order valence-electron chi connectivity index (χ3n) is 4.62. The second-order valence-electron chi connectivity index (χ2n) is 6.34. The van der Waals surface area contributed by atoms with Gasteiger partial charge in [0.05, 0.1) is 10.3 Å². The van der Waals surface area contributed by atoms with Crippen molar-refractivity contribution in [3.63, 3.8) is 0 Å². The van der Waals surface area contributed by atoms with Gasteiger partial charge in [0.1, 0.15) is 16.5 Å². The normalized spacial score (nSPS) is 13.7. The van der Waals surface area contributed by atoms with Crippen molar-refractivity contribution in [1.29, 1.82) is 0 Å². The van der Waals surface area contributed by atoms with E-state index in [-0.39, 0.29) is 5.91 Å². The first-order valence-corrected chi connectivity index (χ1v) is 9.17. The van der Waals surface area contributed by atoms with Crippen LogP contribution < -0.4 is 11.1 Å². The molecule has 0 aromatic carbocycles. The van der Waals surface area contributed by atoms with Gasteiger partial charge in [-0.05, 0) is 56.7 Å². The second-order valence-corrected chi connectivity index (χ2v) is 7.34. The van der Waals surface area contributed by atoms with Gasteiger partial charge in [0.25, 0.3) is 5.91 Å². The zero-order valence-corrected chi connectivity index (χ0v) is 15.0. The summed E-state index contributed by atoms with van der Waals surface area (Å²) in [6, 6.07) is 1.88. The van der Waals surface area contributed by atoms with Crippen LogP contribution in [0.2, 0.25) is 0 Å². The minimum Gasteiger partial charge on any atom is -0.383 e. The van der Waals surface area contributed by atoms with E-state index in [4.69, 9.17) is 5.73 Å². The highest BCUT2D eigenvalue weighted by molar-refractivity contribution is 7.20. The maximum atomic E-state index is 12.9. The van der Waals surface area contributed by atoms with E-state index in [1.165, 1.54) is 11.3 Å². The number of nitrogens with one attached hydrogen (secondary N) is 1. The van der Waals surface area contributed by atoms with E-state index in [1.807, 2.05) is 13.0 Å². The van der Waals surface area contributed by atoms with E-state index in [0.29, 0.717) is 16.5 Å². The lowest BCUT2D eigenvalue weighted by atomic mass is 9.95. The molecular formula is C18H19N5OS. The summed E-state index contributed by atoms with van der Waals surface area (Å²) >= 11 is 1.36. The van der Waals surface area contributed by atoms with Gasteiger partial charge in [0.15, 0.2) is 0 Å². The Morgan fingerprint density at radius 3 is 2.88 bits per heavy atom. The first kappa shape index (κ1) is 16.0. The smallest absolute Gasteiger partial charge is 0.266 e. The second kappa shape index (κ2) is 6.07. The molecular weight excluding hydrogens is 334 g/mol. The quantitative estimate of drug-likeness (QED) is 0.736. The van der Waals surface area contributed by atoms with E-state index >= 15 is 0 Å². The van der Waals surface area contributed by atoms with E-state index in [2.05, 4.69) is 20.3 Å². The molecule has 3 heterocycles. The molecule has 0 spiro atoms. The number of hydrogen-bond acceptors (Lipinski definition) is 6. The van der Waals surface area contributed by atoms with Gasteiger partial charge in [-0.15, -0.1) is 11.3 Å². The molecule has 0 radical (unpaired) electrons. The number of nitrogens with zero attached hydrogens (tertiary/aromatic N) is 3. The molecule has 4 rings (SSSR count). The molecule has 0 saturated carbocycles. The molecule has 1 amide bonds. The number of carbonyl (C=O) groups excluding carboxylic acids is 1. The van der Waals surface area contributed by atoms with Crippen molar-refractivity contribution < 1.29 is 4.79 Å². The predicted octanol–water partition coefficient (Wildman–Crippen LogP) is 3.42. The monoisotopic (exact) mass is 353 g/mol. The maximum absolute atomic E-state index is 12.9. The average Bonchev–Trinajstić information content (AvgIpc) is 2.92. The van der Waals surface area contributed by atoms with Crippen molar-refractivity contribution in [3.8, 4) is 0 Å². The Labute approximate surface area is 149 Å². The zero-order valence-electron chi connectivity index (χ0n) is 14.2. The lowest BCUT2D eigenvalue weighted by Crippen LogP contribution is -2.16. The van der Waals surface area contributed by atoms with Crippen LogP contribution in [0.3, 0.4) is 0 Å². The summed E-state index contributed by atoms with van der Waals surface area (Å²) in [4.78, 5) is 27.3. The van der Waals surface area contributed by atoms with Crippen LogP contribution in [-0.2, 0) is 12.8 Å². The van der Waals surface area contributed by atoms with Crippen molar-refractivity contribution in [3.05, 3.63) is 39.8 Å². The van der Waals surface area contributed by atoms with Crippen LogP contribution in [0.15, 0.2) is 12.3 Å². The van der Waals surface area contributed by atoms with Gasteiger partial charge >= 0.3 is 0 Å². The summed E-state index contributed by atoms with van der Waals surface area (Å²) < 4.78 is 0. The first-order chi connectivity index (χ1) is 12.0. The number of nitrogen functional groups attached to an aromatic ring is 1. The SMILES string of the molecule is Cc1nc(N)c2c(C)c(C(=O)Nc3ccnc4c3CCCC4)sc2n1. The molecule has 0 aliphatic heterocycles. The number of hydrogen-bond donors (Lipinski definition) is 2. The molecule has 3 aromatic rings. The largest absolute Gasteiger partial charge is 0.383 e. The van der Waals surface area contributed by atoms with Crippen molar-refractivity contribution in [2.75, 3.05) is 11.1 Å². The van der Waals surface area contributed by atoms with Crippen LogP contribution in [0.5, 0.6) is 0 Å². The number of anilines is 2. The number of carbonyl (C=O) groups is 1. The first-order valence-electron chi connectivity index (χ1n) is 8.36. The number of pyridine rings is 1. The van der Waals surface area contributed by atoms with Gasteiger partial charge in [-0.1, -0.05) is 0 Å². The summed E-state index contributed by atoms with van der Waals surface area (Å²) in [7, 11) is 0. The molecule has 0 saturated heterocycles. The van der Waals surface area contributed by atoms with Crippen LogP contribution in [-0.4, -0.2) is 20.9 Å². The molecule has 0 bridgehead atoms. The Kier molecular flexibility index (Phi) is 3.88. The van der Waals surface area contributed by atoms with E-state index < -0.39 is 0 Å². The lowest BCUT2D eigenvalue weighted by molar-refractivity contribution is 0.103. The number of fused-ring (bicyclic) bond motifs is 2. The molecule has 7 heteroatoms. The Morgan fingerprint density at radius 2 is 2.04 bits per heavy atom. The molecule has 0 fully saturated rings. The number of rotatable bonds is 2. The number of aromatic nitrogens is 3. The fraction of sp³-hybridized carbons (Fsp3) is 0.333. The summed E-state index contributed by atoms with van der Waals surface area (Å²) in [5.74, 6) is 0.912. The number of aryl methyl sites for hydroxylation is 3. The fourth-order valence-corrected chi connectivity index (χ4v) is 4.55. The summed E-state index contributed by atoms with van der Waals surface area (Å²) in [5.41, 5.74) is 9.99. The number of nitrogens with two attached hydrogens (primary N) is 1. The van der Waals surface area contributed by atoms with Gasteiger partial charge in [0.2, 0.25) is 0 Å². The highest BCUT2D eigenvalue weighted by Gasteiger charge is 2.21. The molecule has 128 valence electrons. The molecule has 6 nitrogen and oxygen atoms in total. The van der Waals surface area contributed by atoms with Crippen LogP contribution in [0, 0.1) is 13.8 Å². The Hall–Kier alpha value is -2.54. The summed E-state index contributed by atoms with van der Waals surface area (Å²) in [5, 5.41) is 3.84. The van der Waals surface area contributed by atoms with E-state index in [9.17, 15) is 4.79 Å². The molecule has 25 heavy (non-hydrogen) atoms. The molecule has 1 aliphatic rings. The van der Waals surface area contributed by atoms with Crippen LogP contribution in [0.25, 0.3) is 10.2 Å². The molecule has 0 atom stereocenters. The fourth-order valence-electron chi connectivity index (χ4n) is 3.42. The number of thiophene rings is 1. The van der Waals surface area contributed by atoms with Gasteiger partial charge < -0.3 is 11.1 Å². The molecule has 3 aromatic heterocycles. The Bertz CT molecular complexity index is 995. The van der Waals surface area contributed by atoms with Crippen molar-refractivity contribution in [2.24, 2.45) is 0 Å². The van der Waals surface area contributed by atoms with Gasteiger partial charge in [-0.3, -0.25) is 9.78 Å². The summed E-state index contributed by atoms with van der Waals surface area (Å²) in [6.45, 7) is 3.69. The Balaban J connectivity index is 1.72. The molecule has 3 N–H and O–H groups in total. The van der Waals surface area contributed by atoms with Crippen LogP contribution in [0.1, 0.15) is 45.2 Å². The minimum atomic E-state index is -0.128. The number of amides is 1. The minimum absolute atomic E-state index is 0.128. The highest BCUT2D eigenvalue weighted by atomic mass is 32.1. The van der Waals surface area contributed by atoms with E-state index in [1.54, 1.807) is 13.1 Å². The van der Waals surface area contributed by atoms with Gasteiger partial charge in [0, 0.05) is 17.6 Å². The molecule has 1 aliphatic carbocycles. The highest BCUT2D eigenvalue weighted by Crippen LogP contribution is 2.34. The average molecular weight is 353 g/mol.